The van der Waals surface area contributed by atoms with E-state index in [1.54, 1.807) is 0 Å². The summed E-state index contributed by atoms with van der Waals surface area (Å²) in [5.74, 6) is 0. The molecule has 0 aromatic carbocycles. The zero-order valence-electron chi connectivity index (χ0n) is 13.2. The molecule has 0 unspecified atom stereocenters. The summed E-state index contributed by atoms with van der Waals surface area (Å²) in [5, 5.41) is 0. The van der Waals surface area contributed by atoms with Gasteiger partial charge in [-0.3, -0.25) is 0 Å². The standard InChI is InChI=1S/C11H29O3Si4/c1-10-18(12-11-15(2)3,13-16(4,5)6)14-17(7,8)9/h10H,1,11H2,2-9H3. The van der Waals surface area contributed by atoms with Crippen molar-refractivity contribution < 1.29 is 12.7 Å². The molecule has 7 heteroatoms. The van der Waals surface area contributed by atoms with Crippen LogP contribution in [0.15, 0.2) is 12.3 Å². The van der Waals surface area contributed by atoms with Gasteiger partial charge in [-0.25, -0.2) is 0 Å². The van der Waals surface area contributed by atoms with E-state index in [2.05, 4.69) is 59.0 Å². The van der Waals surface area contributed by atoms with Crippen LogP contribution in [0.5, 0.6) is 0 Å². The summed E-state index contributed by atoms with van der Waals surface area (Å²) in [6, 6.07) is 0. The SMILES string of the molecule is C=C[Si](OC[Si](C)C)(O[Si](C)(C)C)O[Si](C)(C)C. The second kappa shape index (κ2) is 6.78. The van der Waals surface area contributed by atoms with Crippen LogP contribution in [0.3, 0.4) is 0 Å². The lowest BCUT2D eigenvalue weighted by molar-refractivity contribution is 0.202. The van der Waals surface area contributed by atoms with Crippen LogP contribution in [0.1, 0.15) is 0 Å². The zero-order chi connectivity index (χ0) is 14.6. The molecule has 0 heterocycles. The normalized spacial score (nSPS) is 14.1. The van der Waals surface area contributed by atoms with Crippen LogP contribution >= 0.6 is 0 Å². The van der Waals surface area contributed by atoms with Gasteiger partial charge < -0.3 is 12.7 Å². The van der Waals surface area contributed by atoms with E-state index in [-0.39, 0.29) is 0 Å². The molecular weight excluding hydrogens is 292 g/mol. The number of rotatable bonds is 8. The fraction of sp³-hybridized carbons (Fsp3) is 0.818. The highest BCUT2D eigenvalue weighted by molar-refractivity contribution is 6.87. The Morgan fingerprint density at radius 2 is 1.33 bits per heavy atom. The molecule has 0 atom stereocenters. The molecule has 0 bridgehead atoms. The maximum absolute atomic E-state index is 6.27. The molecule has 0 saturated heterocycles. The maximum Gasteiger partial charge on any atom is 0.507 e. The van der Waals surface area contributed by atoms with Crippen LogP contribution in [0, 0.1) is 0 Å². The van der Waals surface area contributed by atoms with Gasteiger partial charge in [0.25, 0.3) is 0 Å². The molecule has 0 amide bonds. The Kier molecular flexibility index (Phi) is 6.96. The lowest BCUT2D eigenvalue weighted by Gasteiger charge is -2.37. The van der Waals surface area contributed by atoms with Crippen molar-refractivity contribution in [2.45, 2.75) is 52.4 Å². The third kappa shape index (κ3) is 8.57. The fourth-order valence-corrected chi connectivity index (χ4v) is 11.9. The van der Waals surface area contributed by atoms with E-state index >= 15 is 0 Å². The van der Waals surface area contributed by atoms with Gasteiger partial charge >= 0.3 is 8.80 Å². The summed E-state index contributed by atoms with van der Waals surface area (Å²) in [6.45, 7) is 21.4. The molecule has 0 aromatic rings. The van der Waals surface area contributed by atoms with Crippen LogP contribution in [0.2, 0.25) is 52.4 Å². The van der Waals surface area contributed by atoms with Crippen molar-refractivity contribution in [1.29, 1.82) is 0 Å². The molecule has 3 nitrogen and oxygen atoms in total. The van der Waals surface area contributed by atoms with E-state index in [0.29, 0.717) is 0 Å². The average Bonchev–Trinajstić information content (AvgIpc) is 2.09. The predicted molar refractivity (Wildman–Crippen MR) is 88.2 cm³/mol. The minimum Gasteiger partial charge on any atom is -0.413 e. The molecule has 0 aliphatic rings. The maximum atomic E-state index is 6.27. The Balaban J connectivity index is 5.01. The van der Waals surface area contributed by atoms with Gasteiger partial charge in [0.15, 0.2) is 16.6 Å². The first kappa shape index (κ1) is 18.5. The second-order valence-electron chi connectivity index (χ2n) is 6.73. The van der Waals surface area contributed by atoms with Crippen molar-refractivity contribution in [3.05, 3.63) is 12.3 Å². The van der Waals surface area contributed by atoms with Crippen molar-refractivity contribution >= 4 is 34.2 Å². The molecule has 0 rings (SSSR count). The fourth-order valence-electron chi connectivity index (χ4n) is 1.32. The Morgan fingerprint density at radius 3 is 1.56 bits per heavy atom. The first-order chi connectivity index (χ1) is 7.89. The average molecular weight is 322 g/mol. The Hall–Kier alpha value is 0.488. The van der Waals surface area contributed by atoms with Crippen LogP contribution < -0.4 is 0 Å². The number of hydrogen-bond donors (Lipinski definition) is 0. The van der Waals surface area contributed by atoms with Gasteiger partial charge in [0.2, 0.25) is 0 Å². The minimum absolute atomic E-state index is 0.451. The number of hydrogen-bond acceptors (Lipinski definition) is 3. The highest BCUT2D eigenvalue weighted by Gasteiger charge is 2.45. The van der Waals surface area contributed by atoms with Crippen LogP contribution in [0.4, 0.5) is 0 Å². The quantitative estimate of drug-likeness (QED) is 0.639. The monoisotopic (exact) mass is 321 g/mol. The predicted octanol–water partition coefficient (Wildman–Crippen LogP) is 3.66. The van der Waals surface area contributed by atoms with E-state index in [0.717, 1.165) is 6.23 Å². The molecule has 18 heavy (non-hydrogen) atoms. The molecular formula is C11H29O3Si4. The largest absolute Gasteiger partial charge is 0.507 e. The smallest absolute Gasteiger partial charge is 0.413 e. The van der Waals surface area contributed by atoms with Crippen molar-refractivity contribution in [3.63, 3.8) is 0 Å². The topological polar surface area (TPSA) is 27.7 Å². The summed E-state index contributed by atoms with van der Waals surface area (Å²) in [4.78, 5) is 0. The first-order valence-electron chi connectivity index (χ1n) is 6.36. The van der Waals surface area contributed by atoms with E-state index in [4.69, 9.17) is 12.7 Å². The summed E-state index contributed by atoms with van der Waals surface area (Å²) < 4.78 is 18.6. The molecule has 0 N–H and O–H groups in total. The van der Waals surface area contributed by atoms with Crippen molar-refractivity contribution in [3.8, 4) is 0 Å². The van der Waals surface area contributed by atoms with E-state index in [1.165, 1.54) is 0 Å². The molecule has 0 aliphatic carbocycles. The molecule has 0 aromatic heterocycles. The van der Waals surface area contributed by atoms with E-state index in [1.807, 2.05) is 5.70 Å². The van der Waals surface area contributed by atoms with Crippen LogP contribution in [-0.2, 0) is 12.7 Å². The van der Waals surface area contributed by atoms with Crippen LogP contribution in [-0.4, -0.2) is 40.5 Å². The van der Waals surface area contributed by atoms with E-state index in [9.17, 15) is 0 Å². The summed E-state index contributed by atoms with van der Waals surface area (Å²) >= 11 is 0. The lowest BCUT2D eigenvalue weighted by atomic mass is 11.3. The molecule has 1 radical (unpaired) electrons. The molecule has 107 valence electrons. The zero-order valence-corrected chi connectivity index (χ0v) is 17.2. The first-order valence-corrected chi connectivity index (χ1v) is 17.7. The third-order valence-electron chi connectivity index (χ3n) is 1.71. The second-order valence-corrected chi connectivity index (χ2v) is 21.4. The highest BCUT2D eigenvalue weighted by Crippen LogP contribution is 2.22. The Bertz CT molecular complexity index is 252. The highest BCUT2D eigenvalue weighted by atomic mass is 28.5. The van der Waals surface area contributed by atoms with Gasteiger partial charge in [-0.2, -0.15) is 0 Å². The van der Waals surface area contributed by atoms with E-state index < -0.39 is 34.2 Å². The van der Waals surface area contributed by atoms with Gasteiger partial charge in [-0.05, 0) is 45.0 Å². The summed E-state index contributed by atoms with van der Waals surface area (Å²) in [7, 11) is -6.56. The van der Waals surface area contributed by atoms with Gasteiger partial charge in [0, 0.05) is 6.23 Å². The molecule has 0 fully saturated rings. The molecule has 0 saturated carbocycles. The lowest BCUT2D eigenvalue weighted by Crippen LogP contribution is -2.56. The Labute approximate surface area is 118 Å². The summed E-state index contributed by atoms with van der Waals surface area (Å²) in [5.41, 5.74) is 1.81. The third-order valence-corrected chi connectivity index (χ3v) is 10.9. The van der Waals surface area contributed by atoms with Crippen LogP contribution in [0.25, 0.3) is 0 Å². The van der Waals surface area contributed by atoms with Gasteiger partial charge in [0.05, 0.1) is 8.80 Å². The van der Waals surface area contributed by atoms with Crippen molar-refractivity contribution in [2.75, 3.05) is 6.23 Å². The molecule has 0 spiro atoms. The summed E-state index contributed by atoms with van der Waals surface area (Å²) in [6.07, 6.45) is 0.762. The minimum atomic E-state index is -2.69. The van der Waals surface area contributed by atoms with Gasteiger partial charge in [0.1, 0.15) is 0 Å². The van der Waals surface area contributed by atoms with Gasteiger partial charge in [-0.1, -0.05) is 19.7 Å². The van der Waals surface area contributed by atoms with Crippen molar-refractivity contribution in [2.24, 2.45) is 0 Å². The van der Waals surface area contributed by atoms with Gasteiger partial charge in [-0.15, -0.1) is 0 Å². The van der Waals surface area contributed by atoms with Crippen molar-refractivity contribution in [1.82, 2.24) is 0 Å². The Morgan fingerprint density at radius 1 is 0.944 bits per heavy atom. The molecule has 0 aliphatic heterocycles.